The zero-order valence-electron chi connectivity index (χ0n) is 9.73. The van der Waals surface area contributed by atoms with Crippen LogP contribution in [0.15, 0.2) is 12.4 Å². The van der Waals surface area contributed by atoms with Crippen LogP contribution in [0.5, 0.6) is 5.88 Å². The van der Waals surface area contributed by atoms with Crippen molar-refractivity contribution >= 4 is 11.7 Å². The Balaban J connectivity index is 0.00000106. The number of aromatic nitrogens is 2. The lowest BCUT2D eigenvalue weighted by atomic mass is 10.6. The summed E-state index contributed by atoms with van der Waals surface area (Å²) in [5, 5.41) is 11.0. The summed E-state index contributed by atoms with van der Waals surface area (Å²) in [6.45, 7) is 5.44. The van der Waals surface area contributed by atoms with Gasteiger partial charge in [0.2, 0.25) is 11.8 Å². The molecule has 0 bridgehead atoms. The van der Waals surface area contributed by atoms with Gasteiger partial charge in [0.15, 0.2) is 5.82 Å². The number of carbonyl (C=O) groups is 1. The second-order valence-corrected chi connectivity index (χ2v) is 2.50. The maximum Gasteiger partial charge on any atom is 0.234 e. The van der Waals surface area contributed by atoms with E-state index in [1.807, 2.05) is 13.8 Å². The normalized spacial score (nSPS) is 8.75. The van der Waals surface area contributed by atoms with Gasteiger partial charge in [0.1, 0.15) is 6.61 Å². The van der Waals surface area contributed by atoms with Crippen molar-refractivity contribution in [2.45, 2.75) is 20.8 Å². The third-order valence-corrected chi connectivity index (χ3v) is 1.26. The van der Waals surface area contributed by atoms with Crippen LogP contribution in [0.3, 0.4) is 0 Å². The first-order valence-electron chi connectivity index (χ1n) is 5.05. The lowest BCUT2D eigenvalue weighted by molar-refractivity contribution is -0.114. The predicted octanol–water partition coefficient (Wildman–Crippen LogP) is 0.832. The lowest BCUT2D eigenvalue weighted by Gasteiger charge is -2.04. The molecule has 90 valence electrons. The second-order valence-electron chi connectivity index (χ2n) is 2.50. The zero-order chi connectivity index (χ0) is 12.4. The Bertz CT molecular complexity index is 318. The van der Waals surface area contributed by atoms with Crippen molar-refractivity contribution in [3.05, 3.63) is 12.4 Å². The van der Waals surface area contributed by atoms with Crippen LogP contribution in [0.4, 0.5) is 5.82 Å². The van der Waals surface area contributed by atoms with Gasteiger partial charge in [-0.2, -0.15) is 4.98 Å². The van der Waals surface area contributed by atoms with E-state index in [0.29, 0.717) is 5.82 Å². The van der Waals surface area contributed by atoms with Crippen LogP contribution in [0.25, 0.3) is 0 Å². The highest BCUT2D eigenvalue weighted by atomic mass is 16.5. The van der Waals surface area contributed by atoms with Crippen LogP contribution < -0.4 is 10.1 Å². The number of ether oxygens (including phenoxy) is 1. The summed E-state index contributed by atoms with van der Waals surface area (Å²) >= 11 is 0. The minimum absolute atomic E-state index is 0.0912. The minimum Gasteiger partial charge on any atom is -0.474 e. The first kappa shape index (κ1) is 14.3. The van der Waals surface area contributed by atoms with E-state index in [0.717, 1.165) is 0 Å². The summed E-state index contributed by atoms with van der Waals surface area (Å²) in [5.41, 5.74) is 0. The van der Waals surface area contributed by atoms with E-state index in [1.165, 1.54) is 19.3 Å². The van der Waals surface area contributed by atoms with E-state index >= 15 is 0 Å². The summed E-state index contributed by atoms with van der Waals surface area (Å²) < 4.78 is 5.00. The smallest absolute Gasteiger partial charge is 0.234 e. The number of hydrogen-bond acceptors (Lipinski definition) is 5. The van der Waals surface area contributed by atoms with E-state index in [2.05, 4.69) is 15.3 Å². The molecule has 0 saturated carbocycles. The molecule has 0 aromatic carbocycles. The van der Waals surface area contributed by atoms with Gasteiger partial charge in [-0.05, 0) is 0 Å². The molecule has 0 aliphatic carbocycles. The van der Waals surface area contributed by atoms with Gasteiger partial charge in [0.25, 0.3) is 0 Å². The van der Waals surface area contributed by atoms with Gasteiger partial charge in [0, 0.05) is 6.92 Å². The molecule has 1 aromatic rings. The SMILES string of the molecule is CC.CC(=O)Nc1cncc(OCCO)n1. The number of aliphatic hydroxyl groups excluding tert-OH is 1. The van der Waals surface area contributed by atoms with Crippen molar-refractivity contribution in [1.82, 2.24) is 9.97 Å². The molecule has 1 heterocycles. The lowest BCUT2D eigenvalue weighted by Crippen LogP contribution is -2.09. The Morgan fingerprint density at radius 2 is 2.19 bits per heavy atom. The zero-order valence-corrected chi connectivity index (χ0v) is 9.73. The molecule has 1 aromatic heterocycles. The molecular weight excluding hydrogens is 210 g/mol. The van der Waals surface area contributed by atoms with Crippen molar-refractivity contribution in [1.29, 1.82) is 0 Å². The third kappa shape index (κ3) is 5.92. The maximum atomic E-state index is 10.7. The summed E-state index contributed by atoms with van der Waals surface area (Å²) in [7, 11) is 0. The van der Waals surface area contributed by atoms with Gasteiger partial charge < -0.3 is 15.2 Å². The number of hydrogen-bond donors (Lipinski definition) is 2. The van der Waals surface area contributed by atoms with E-state index in [9.17, 15) is 4.79 Å². The first-order chi connectivity index (χ1) is 7.72. The van der Waals surface area contributed by atoms with Crippen LogP contribution in [0.2, 0.25) is 0 Å². The number of rotatable bonds is 4. The highest BCUT2D eigenvalue weighted by molar-refractivity contribution is 5.87. The third-order valence-electron chi connectivity index (χ3n) is 1.26. The number of aliphatic hydroxyl groups is 1. The molecule has 0 spiro atoms. The quantitative estimate of drug-likeness (QED) is 0.796. The first-order valence-corrected chi connectivity index (χ1v) is 5.05. The highest BCUT2D eigenvalue weighted by Gasteiger charge is 2.00. The minimum atomic E-state index is -0.224. The van der Waals surface area contributed by atoms with Gasteiger partial charge in [-0.1, -0.05) is 13.8 Å². The predicted molar refractivity (Wildman–Crippen MR) is 60.3 cm³/mol. The van der Waals surface area contributed by atoms with Crippen LogP contribution in [-0.2, 0) is 4.79 Å². The number of nitrogens with zero attached hydrogens (tertiary/aromatic N) is 2. The Kier molecular flexibility index (Phi) is 7.70. The molecule has 1 rings (SSSR count). The van der Waals surface area contributed by atoms with Crippen molar-refractivity contribution < 1.29 is 14.6 Å². The van der Waals surface area contributed by atoms with Gasteiger partial charge >= 0.3 is 0 Å². The van der Waals surface area contributed by atoms with Gasteiger partial charge in [-0.25, -0.2) is 0 Å². The average molecular weight is 227 g/mol. The van der Waals surface area contributed by atoms with Crippen molar-refractivity contribution in [2.75, 3.05) is 18.5 Å². The Labute approximate surface area is 94.7 Å². The molecule has 0 unspecified atom stereocenters. The van der Waals surface area contributed by atoms with E-state index < -0.39 is 0 Å². The molecule has 6 heteroatoms. The van der Waals surface area contributed by atoms with E-state index in [4.69, 9.17) is 9.84 Å². The monoisotopic (exact) mass is 227 g/mol. The second kappa shape index (κ2) is 8.60. The van der Waals surface area contributed by atoms with Crippen LogP contribution >= 0.6 is 0 Å². The fraction of sp³-hybridized carbons (Fsp3) is 0.500. The molecule has 2 N–H and O–H groups in total. The molecule has 0 atom stereocenters. The fourth-order valence-corrected chi connectivity index (χ4v) is 0.808. The van der Waals surface area contributed by atoms with E-state index in [1.54, 1.807) is 0 Å². The van der Waals surface area contributed by atoms with Gasteiger partial charge in [-0.15, -0.1) is 0 Å². The van der Waals surface area contributed by atoms with Gasteiger partial charge in [-0.3, -0.25) is 9.78 Å². The Hall–Kier alpha value is -1.69. The van der Waals surface area contributed by atoms with Crippen LogP contribution in [-0.4, -0.2) is 34.2 Å². The number of anilines is 1. The van der Waals surface area contributed by atoms with Crippen molar-refractivity contribution in [3.63, 3.8) is 0 Å². The highest BCUT2D eigenvalue weighted by Crippen LogP contribution is 2.08. The fourth-order valence-electron chi connectivity index (χ4n) is 0.808. The number of nitrogens with one attached hydrogen (secondary N) is 1. The summed E-state index contributed by atoms with van der Waals surface area (Å²) in [4.78, 5) is 18.4. The molecule has 0 aliphatic heterocycles. The number of amides is 1. The van der Waals surface area contributed by atoms with Crippen LogP contribution in [0.1, 0.15) is 20.8 Å². The van der Waals surface area contributed by atoms with Crippen molar-refractivity contribution in [3.8, 4) is 5.88 Å². The molecule has 6 nitrogen and oxygen atoms in total. The molecule has 0 aliphatic rings. The molecule has 1 amide bonds. The largest absolute Gasteiger partial charge is 0.474 e. The topological polar surface area (TPSA) is 84.3 Å². The average Bonchev–Trinajstić information content (AvgIpc) is 2.29. The molecule has 0 fully saturated rings. The van der Waals surface area contributed by atoms with E-state index in [-0.39, 0.29) is 25.0 Å². The standard InChI is InChI=1S/C8H11N3O3.C2H6/c1-6(13)10-7-4-9-5-8(11-7)14-3-2-12;1-2/h4-5,12H,2-3H2,1H3,(H,10,11,13);1-2H3. The molecule has 0 saturated heterocycles. The van der Waals surface area contributed by atoms with Crippen molar-refractivity contribution in [2.24, 2.45) is 0 Å². The summed E-state index contributed by atoms with van der Waals surface area (Å²) in [6.07, 6.45) is 2.81. The van der Waals surface area contributed by atoms with Crippen LogP contribution in [0, 0.1) is 0 Å². The number of carbonyl (C=O) groups excluding carboxylic acids is 1. The summed E-state index contributed by atoms with van der Waals surface area (Å²) in [5.74, 6) is 0.372. The molecular formula is C10H17N3O3. The Morgan fingerprint density at radius 3 is 2.75 bits per heavy atom. The van der Waals surface area contributed by atoms with Gasteiger partial charge in [0.05, 0.1) is 19.0 Å². The molecule has 16 heavy (non-hydrogen) atoms. The Morgan fingerprint density at radius 1 is 1.50 bits per heavy atom. The molecule has 0 radical (unpaired) electrons. The summed E-state index contributed by atoms with van der Waals surface area (Å²) in [6, 6.07) is 0. The maximum absolute atomic E-state index is 10.7.